The molecule has 2 N–H and O–H groups in total. The van der Waals surface area contributed by atoms with Gasteiger partial charge in [0.25, 0.3) is 0 Å². The third-order valence-corrected chi connectivity index (χ3v) is 4.53. The summed E-state index contributed by atoms with van der Waals surface area (Å²) in [5, 5.41) is 14.6. The molecule has 0 aliphatic heterocycles. The van der Waals surface area contributed by atoms with E-state index in [9.17, 15) is 5.11 Å². The first-order valence-corrected chi connectivity index (χ1v) is 8.69. The van der Waals surface area contributed by atoms with Crippen molar-refractivity contribution in [3.8, 4) is 0 Å². The first-order chi connectivity index (χ1) is 12.1. The van der Waals surface area contributed by atoms with Gasteiger partial charge in [0.05, 0.1) is 11.7 Å². The highest BCUT2D eigenvalue weighted by Gasteiger charge is 2.17. The fraction of sp³-hybridized carbons (Fsp3) is 0.250. The lowest BCUT2D eigenvalue weighted by Crippen LogP contribution is -2.29. The van der Waals surface area contributed by atoms with E-state index in [0.717, 1.165) is 22.8 Å². The van der Waals surface area contributed by atoms with Gasteiger partial charge in [0.2, 0.25) is 0 Å². The second-order valence-electron chi connectivity index (χ2n) is 6.11. The van der Waals surface area contributed by atoms with Crippen LogP contribution in [-0.4, -0.2) is 21.2 Å². The van der Waals surface area contributed by atoms with Crippen molar-refractivity contribution in [2.75, 3.05) is 6.54 Å². The van der Waals surface area contributed by atoms with Crippen molar-refractivity contribution in [3.05, 3.63) is 89.0 Å². The molecule has 25 heavy (non-hydrogen) atoms. The number of aromatic nitrogens is 2. The zero-order valence-electron chi connectivity index (χ0n) is 14.1. The van der Waals surface area contributed by atoms with E-state index in [2.05, 4.69) is 10.3 Å². The normalized spacial score (nSPS) is 13.6. The Kier molecular flexibility index (Phi) is 5.87. The van der Waals surface area contributed by atoms with E-state index in [1.54, 1.807) is 6.20 Å². The van der Waals surface area contributed by atoms with E-state index in [0.29, 0.717) is 6.54 Å². The molecule has 0 aliphatic carbocycles. The van der Waals surface area contributed by atoms with Crippen LogP contribution in [0.15, 0.2) is 67.0 Å². The van der Waals surface area contributed by atoms with Gasteiger partial charge in [-0.2, -0.15) is 0 Å². The lowest BCUT2D eigenvalue weighted by atomic mass is 10.0. The number of hydrogen-bond donors (Lipinski definition) is 2. The molecule has 2 atom stereocenters. The zero-order chi connectivity index (χ0) is 17.6. The Morgan fingerprint density at radius 1 is 1.12 bits per heavy atom. The van der Waals surface area contributed by atoms with Crippen LogP contribution in [0.4, 0.5) is 0 Å². The minimum atomic E-state index is -0.573. The van der Waals surface area contributed by atoms with E-state index in [1.165, 1.54) is 5.56 Å². The second-order valence-corrected chi connectivity index (χ2v) is 6.54. The molecule has 4 nitrogen and oxygen atoms in total. The molecule has 5 heteroatoms. The number of aryl methyl sites for hydroxylation is 1. The van der Waals surface area contributed by atoms with Gasteiger partial charge in [0, 0.05) is 36.7 Å². The van der Waals surface area contributed by atoms with Gasteiger partial charge in [0.1, 0.15) is 6.10 Å². The van der Waals surface area contributed by atoms with Crippen LogP contribution in [0.1, 0.15) is 29.1 Å². The highest BCUT2D eigenvalue weighted by molar-refractivity contribution is 6.30. The minimum Gasteiger partial charge on any atom is -0.386 e. The predicted molar refractivity (Wildman–Crippen MR) is 101 cm³/mol. The topological polar surface area (TPSA) is 50.1 Å². The average Bonchev–Trinajstić information content (AvgIpc) is 3.07. The number of halogens is 1. The maximum Gasteiger partial charge on any atom is 0.106 e. The SMILES string of the molecule is Cn1cccc1[C@@H](O)CN[C@H](Cc1ccc(Cl)cc1)c1ccccn1. The molecule has 0 saturated heterocycles. The summed E-state index contributed by atoms with van der Waals surface area (Å²) in [5.74, 6) is 0. The van der Waals surface area contributed by atoms with Crippen molar-refractivity contribution < 1.29 is 5.11 Å². The Labute approximate surface area is 153 Å². The van der Waals surface area contributed by atoms with Gasteiger partial charge in [-0.15, -0.1) is 0 Å². The van der Waals surface area contributed by atoms with Crippen LogP contribution < -0.4 is 5.32 Å². The van der Waals surface area contributed by atoms with E-state index in [4.69, 9.17) is 11.6 Å². The lowest BCUT2D eigenvalue weighted by Gasteiger charge is -2.21. The van der Waals surface area contributed by atoms with Gasteiger partial charge in [0.15, 0.2) is 0 Å². The summed E-state index contributed by atoms with van der Waals surface area (Å²) in [6.45, 7) is 0.451. The first kappa shape index (κ1) is 17.7. The molecule has 0 spiro atoms. The van der Waals surface area contributed by atoms with Crippen molar-refractivity contribution in [3.63, 3.8) is 0 Å². The highest BCUT2D eigenvalue weighted by atomic mass is 35.5. The van der Waals surface area contributed by atoms with Crippen LogP contribution in [0.3, 0.4) is 0 Å². The fourth-order valence-corrected chi connectivity index (χ4v) is 3.02. The summed E-state index contributed by atoms with van der Waals surface area (Å²) in [4.78, 5) is 4.48. The van der Waals surface area contributed by atoms with Crippen LogP contribution >= 0.6 is 11.6 Å². The monoisotopic (exact) mass is 355 g/mol. The van der Waals surface area contributed by atoms with Crippen LogP contribution in [0.2, 0.25) is 5.02 Å². The molecule has 0 unspecified atom stereocenters. The second kappa shape index (κ2) is 8.30. The zero-order valence-corrected chi connectivity index (χ0v) is 14.9. The molecule has 130 valence electrons. The van der Waals surface area contributed by atoms with Crippen molar-refractivity contribution in [1.82, 2.24) is 14.9 Å². The molecule has 1 aromatic carbocycles. The predicted octanol–water partition coefficient (Wildman–Crippen LogP) is 3.68. The van der Waals surface area contributed by atoms with E-state index < -0.39 is 6.10 Å². The smallest absolute Gasteiger partial charge is 0.106 e. The number of benzene rings is 1. The molecule has 0 radical (unpaired) electrons. The Balaban J connectivity index is 1.72. The largest absolute Gasteiger partial charge is 0.386 e. The molecule has 0 fully saturated rings. The van der Waals surface area contributed by atoms with Crippen LogP contribution in [-0.2, 0) is 13.5 Å². The van der Waals surface area contributed by atoms with E-state index in [1.807, 2.05) is 72.4 Å². The van der Waals surface area contributed by atoms with Gasteiger partial charge in [-0.3, -0.25) is 4.98 Å². The number of nitrogens with zero attached hydrogens (tertiary/aromatic N) is 2. The Hall–Kier alpha value is -2.14. The summed E-state index contributed by atoms with van der Waals surface area (Å²) in [5.41, 5.74) is 3.01. The van der Waals surface area contributed by atoms with Crippen LogP contribution in [0, 0.1) is 0 Å². The molecule has 3 rings (SSSR count). The standard InChI is InChI=1S/C20H22ClN3O/c1-24-12-4-6-19(24)20(25)14-23-18(17-5-2-3-11-22-17)13-15-7-9-16(21)10-8-15/h2-12,18,20,23,25H,13-14H2,1H3/t18-,20+/m1/s1. The average molecular weight is 356 g/mol. The number of aliphatic hydroxyl groups is 1. The first-order valence-electron chi connectivity index (χ1n) is 8.31. The fourth-order valence-electron chi connectivity index (χ4n) is 2.90. The minimum absolute atomic E-state index is 0.0114. The van der Waals surface area contributed by atoms with Gasteiger partial charge in [-0.25, -0.2) is 0 Å². The summed E-state index contributed by atoms with van der Waals surface area (Å²) >= 11 is 5.98. The van der Waals surface area contributed by atoms with Crippen molar-refractivity contribution in [2.45, 2.75) is 18.6 Å². The highest BCUT2D eigenvalue weighted by Crippen LogP contribution is 2.20. The van der Waals surface area contributed by atoms with Gasteiger partial charge >= 0.3 is 0 Å². The number of rotatable bonds is 7. The molecule has 0 saturated carbocycles. The van der Waals surface area contributed by atoms with Gasteiger partial charge < -0.3 is 15.0 Å². The van der Waals surface area contributed by atoms with E-state index in [-0.39, 0.29) is 6.04 Å². The summed E-state index contributed by atoms with van der Waals surface area (Å²) in [6, 6.07) is 17.6. The summed E-state index contributed by atoms with van der Waals surface area (Å²) in [7, 11) is 1.93. The third-order valence-electron chi connectivity index (χ3n) is 4.28. The molecule has 2 aromatic heterocycles. The summed E-state index contributed by atoms with van der Waals surface area (Å²) < 4.78 is 1.93. The molecule has 0 bridgehead atoms. The molecular formula is C20H22ClN3O. The lowest BCUT2D eigenvalue weighted by molar-refractivity contribution is 0.161. The Bertz CT molecular complexity index is 786. The molecule has 3 aromatic rings. The third kappa shape index (κ3) is 4.69. The molecule has 0 amide bonds. The maximum absolute atomic E-state index is 10.5. The van der Waals surface area contributed by atoms with E-state index >= 15 is 0 Å². The Morgan fingerprint density at radius 2 is 1.92 bits per heavy atom. The maximum atomic E-state index is 10.5. The number of aliphatic hydroxyl groups excluding tert-OH is 1. The van der Waals surface area contributed by atoms with Crippen molar-refractivity contribution >= 4 is 11.6 Å². The van der Waals surface area contributed by atoms with Crippen molar-refractivity contribution in [2.24, 2.45) is 7.05 Å². The number of pyridine rings is 1. The van der Waals surface area contributed by atoms with Crippen LogP contribution in [0.5, 0.6) is 0 Å². The molecular weight excluding hydrogens is 334 g/mol. The molecule has 0 aliphatic rings. The molecule has 2 heterocycles. The van der Waals surface area contributed by atoms with Gasteiger partial charge in [-0.05, 0) is 48.4 Å². The summed E-state index contributed by atoms with van der Waals surface area (Å²) in [6.07, 6.45) is 3.92. The quantitative estimate of drug-likeness (QED) is 0.679. The van der Waals surface area contributed by atoms with Crippen molar-refractivity contribution in [1.29, 1.82) is 0 Å². The number of hydrogen-bond acceptors (Lipinski definition) is 3. The number of nitrogens with one attached hydrogen (secondary N) is 1. The van der Waals surface area contributed by atoms with Crippen LogP contribution in [0.25, 0.3) is 0 Å². The Morgan fingerprint density at radius 3 is 2.56 bits per heavy atom. The van der Waals surface area contributed by atoms with Gasteiger partial charge in [-0.1, -0.05) is 29.8 Å².